The van der Waals surface area contributed by atoms with Gasteiger partial charge in [-0.15, -0.1) is 0 Å². The Bertz CT molecular complexity index is 416. The predicted molar refractivity (Wildman–Crippen MR) is 76.3 cm³/mol. The highest BCUT2D eigenvalue weighted by molar-refractivity contribution is 5.78. The van der Waals surface area contributed by atoms with Crippen LogP contribution in [0.25, 0.3) is 0 Å². The first kappa shape index (κ1) is 14.8. The highest BCUT2D eigenvalue weighted by Gasteiger charge is 2.28. The van der Waals surface area contributed by atoms with Gasteiger partial charge in [-0.3, -0.25) is 9.69 Å². The molecule has 0 saturated carbocycles. The Morgan fingerprint density at radius 3 is 2.60 bits per heavy atom. The summed E-state index contributed by atoms with van der Waals surface area (Å²) in [6.45, 7) is 3.24. The van der Waals surface area contributed by atoms with Crippen LogP contribution in [-0.4, -0.2) is 48.3 Å². The lowest BCUT2D eigenvalue weighted by Gasteiger charge is -2.33. The molecule has 0 aromatic heterocycles. The molecule has 1 heterocycles. The molecule has 110 valence electrons. The summed E-state index contributed by atoms with van der Waals surface area (Å²) in [6, 6.07) is 9.74. The van der Waals surface area contributed by atoms with Gasteiger partial charge in [0.1, 0.15) is 18.5 Å². The van der Waals surface area contributed by atoms with Gasteiger partial charge >= 0.3 is 0 Å². The molecule has 0 bridgehead atoms. The van der Waals surface area contributed by atoms with E-state index in [4.69, 9.17) is 10.5 Å². The number of ether oxygens (including phenoxy) is 1. The number of carbonyl (C=O) groups is 1. The van der Waals surface area contributed by atoms with Gasteiger partial charge < -0.3 is 15.6 Å². The van der Waals surface area contributed by atoms with Gasteiger partial charge in [-0.1, -0.05) is 18.2 Å². The van der Waals surface area contributed by atoms with Gasteiger partial charge in [-0.25, -0.2) is 0 Å². The van der Waals surface area contributed by atoms with E-state index in [-0.39, 0.29) is 5.92 Å². The van der Waals surface area contributed by atoms with Crippen molar-refractivity contribution in [2.24, 2.45) is 11.7 Å². The van der Waals surface area contributed by atoms with Crippen molar-refractivity contribution in [3.63, 3.8) is 0 Å². The molecule has 0 spiro atoms. The van der Waals surface area contributed by atoms with E-state index in [9.17, 15) is 9.90 Å². The smallest absolute Gasteiger partial charge is 0.246 e. The number of amides is 1. The number of benzene rings is 1. The molecule has 1 aliphatic heterocycles. The number of primary amides is 1. The van der Waals surface area contributed by atoms with Crippen molar-refractivity contribution in [3.8, 4) is 5.75 Å². The topological polar surface area (TPSA) is 75.8 Å². The number of nitrogens with zero attached hydrogens (tertiary/aromatic N) is 1. The number of hydrogen-bond donors (Lipinski definition) is 2. The number of rotatable bonds is 6. The summed E-state index contributed by atoms with van der Waals surface area (Å²) < 4.78 is 5.66. The maximum Gasteiger partial charge on any atom is 0.246 e. The SMILES string of the molecule is NC(=O)[C@@H](O)C1CCN(CCOc2ccccc2)CC1. The van der Waals surface area contributed by atoms with E-state index in [1.54, 1.807) is 0 Å². The molecule has 1 aromatic carbocycles. The number of aliphatic hydroxyl groups is 1. The Balaban J connectivity index is 1.66. The average molecular weight is 278 g/mol. The molecule has 1 amide bonds. The van der Waals surface area contributed by atoms with E-state index >= 15 is 0 Å². The first-order chi connectivity index (χ1) is 9.66. The van der Waals surface area contributed by atoms with Gasteiger partial charge in [0.05, 0.1) is 0 Å². The first-order valence-corrected chi connectivity index (χ1v) is 7.04. The highest BCUT2D eigenvalue weighted by Crippen LogP contribution is 2.20. The summed E-state index contributed by atoms with van der Waals surface area (Å²) in [5.41, 5.74) is 5.12. The Labute approximate surface area is 119 Å². The second-order valence-corrected chi connectivity index (χ2v) is 5.19. The molecule has 0 unspecified atom stereocenters. The van der Waals surface area contributed by atoms with E-state index in [0.29, 0.717) is 6.61 Å². The number of likely N-dealkylation sites (tertiary alicyclic amines) is 1. The van der Waals surface area contributed by atoms with E-state index < -0.39 is 12.0 Å². The Morgan fingerprint density at radius 1 is 1.35 bits per heavy atom. The summed E-state index contributed by atoms with van der Waals surface area (Å²) in [4.78, 5) is 13.2. The van der Waals surface area contributed by atoms with Crippen LogP contribution in [0, 0.1) is 5.92 Å². The summed E-state index contributed by atoms with van der Waals surface area (Å²) in [5, 5.41) is 9.64. The van der Waals surface area contributed by atoms with Gasteiger partial charge in [0.2, 0.25) is 5.91 Å². The van der Waals surface area contributed by atoms with Crippen molar-refractivity contribution in [2.45, 2.75) is 18.9 Å². The summed E-state index contributed by atoms with van der Waals surface area (Å²) in [7, 11) is 0. The third kappa shape index (κ3) is 4.21. The number of aliphatic hydroxyl groups excluding tert-OH is 1. The second-order valence-electron chi connectivity index (χ2n) is 5.19. The van der Waals surface area contributed by atoms with Crippen molar-refractivity contribution in [1.29, 1.82) is 0 Å². The number of nitrogens with two attached hydrogens (primary N) is 1. The van der Waals surface area contributed by atoms with Crippen LogP contribution < -0.4 is 10.5 Å². The minimum atomic E-state index is -1.00. The number of hydrogen-bond acceptors (Lipinski definition) is 4. The largest absolute Gasteiger partial charge is 0.492 e. The van der Waals surface area contributed by atoms with E-state index in [1.165, 1.54) is 0 Å². The van der Waals surface area contributed by atoms with Gasteiger partial charge in [0, 0.05) is 6.54 Å². The van der Waals surface area contributed by atoms with Crippen LogP contribution in [0.2, 0.25) is 0 Å². The minimum Gasteiger partial charge on any atom is -0.492 e. The summed E-state index contributed by atoms with van der Waals surface area (Å²) >= 11 is 0. The molecule has 1 fully saturated rings. The Morgan fingerprint density at radius 2 is 2.00 bits per heavy atom. The Kier molecular flexibility index (Phi) is 5.38. The van der Waals surface area contributed by atoms with Crippen LogP contribution in [0.1, 0.15) is 12.8 Å². The lowest BCUT2D eigenvalue weighted by Crippen LogP contribution is -2.43. The predicted octanol–water partition coefficient (Wildman–Crippen LogP) is 0.624. The fraction of sp³-hybridized carbons (Fsp3) is 0.533. The van der Waals surface area contributed by atoms with E-state index in [2.05, 4.69) is 4.90 Å². The maximum absolute atomic E-state index is 10.9. The second kappa shape index (κ2) is 7.26. The minimum absolute atomic E-state index is 0.00112. The third-order valence-electron chi connectivity index (χ3n) is 3.79. The fourth-order valence-corrected chi connectivity index (χ4v) is 2.53. The zero-order chi connectivity index (χ0) is 14.4. The summed E-state index contributed by atoms with van der Waals surface area (Å²) in [5.74, 6) is 0.265. The van der Waals surface area contributed by atoms with E-state index in [1.807, 2.05) is 30.3 Å². The number of carbonyl (C=O) groups excluding carboxylic acids is 1. The molecule has 1 atom stereocenters. The first-order valence-electron chi connectivity index (χ1n) is 7.04. The summed E-state index contributed by atoms with van der Waals surface area (Å²) in [6.07, 6.45) is 0.600. The van der Waals surface area contributed by atoms with E-state index in [0.717, 1.165) is 38.2 Å². The quantitative estimate of drug-likeness (QED) is 0.800. The Hall–Kier alpha value is -1.59. The molecule has 0 aliphatic carbocycles. The van der Waals surface area contributed by atoms with Crippen molar-refractivity contribution in [3.05, 3.63) is 30.3 Å². The highest BCUT2D eigenvalue weighted by atomic mass is 16.5. The lowest BCUT2D eigenvalue weighted by atomic mass is 9.91. The third-order valence-corrected chi connectivity index (χ3v) is 3.79. The molecule has 2 rings (SSSR count). The van der Waals surface area contributed by atoms with Crippen LogP contribution in [0.5, 0.6) is 5.75 Å². The molecule has 3 N–H and O–H groups in total. The molecule has 1 aliphatic rings. The fourth-order valence-electron chi connectivity index (χ4n) is 2.53. The molecule has 20 heavy (non-hydrogen) atoms. The zero-order valence-electron chi connectivity index (χ0n) is 11.6. The molecule has 0 radical (unpaired) electrons. The van der Waals surface area contributed by atoms with Crippen LogP contribution in [0.4, 0.5) is 0 Å². The van der Waals surface area contributed by atoms with Crippen molar-refractivity contribution in [2.75, 3.05) is 26.2 Å². The number of piperidine rings is 1. The lowest BCUT2D eigenvalue weighted by molar-refractivity contribution is -0.129. The molecule has 1 saturated heterocycles. The normalized spacial score (nSPS) is 18.6. The maximum atomic E-state index is 10.9. The van der Waals surface area contributed by atoms with Gasteiger partial charge in [-0.2, -0.15) is 0 Å². The molecule has 1 aromatic rings. The zero-order valence-corrected chi connectivity index (χ0v) is 11.6. The number of para-hydroxylation sites is 1. The standard InChI is InChI=1S/C15H22N2O3/c16-15(19)14(18)12-6-8-17(9-7-12)10-11-20-13-4-2-1-3-5-13/h1-5,12,14,18H,6-11H2,(H2,16,19)/t14-/m0/s1. The van der Waals surface area contributed by atoms with Crippen molar-refractivity contribution < 1.29 is 14.6 Å². The van der Waals surface area contributed by atoms with Crippen LogP contribution in [0.3, 0.4) is 0 Å². The average Bonchev–Trinajstić information content (AvgIpc) is 2.48. The molecular formula is C15H22N2O3. The van der Waals surface area contributed by atoms with Crippen molar-refractivity contribution >= 4 is 5.91 Å². The van der Waals surface area contributed by atoms with Crippen LogP contribution in [-0.2, 0) is 4.79 Å². The van der Waals surface area contributed by atoms with Crippen molar-refractivity contribution in [1.82, 2.24) is 4.90 Å². The van der Waals surface area contributed by atoms with Gasteiger partial charge in [0.15, 0.2) is 0 Å². The molecule has 5 heteroatoms. The monoisotopic (exact) mass is 278 g/mol. The molecule has 5 nitrogen and oxygen atoms in total. The van der Waals surface area contributed by atoms with Crippen LogP contribution in [0.15, 0.2) is 30.3 Å². The van der Waals surface area contributed by atoms with Crippen LogP contribution >= 0.6 is 0 Å². The van der Waals surface area contributed by atoms with Gasteiger partial charge in [-0.05, 0) is 44.0 Å². The molecular weight excluding hydrogens is 256 g/mol. The van der Waals surface area contributed by atoms with Gasteiger partial charge in [0.25, 0.3) is 0 Å².